The number of nitrogens with zero attached hydrogens (tertiary/aromatic N) is 1. The number of pyridine rings is 1. The van der Waals surface area contributed by atoms with Crippen molar-refractivity contribution in [3.05, 3.63) is 51.0 Å². The molecule has 0 atom stereocenters. The van der Waals surface area contributed by atoms with Crippen LogP contribution < -0.4 is 4.74 Å². The fraction of sp³-hybridized carbons (Fsp3) is 0.154. The summed E-state index contributed by atoms with van der Waals surface area (Å²) in [4.78, 5) is 4.20. The molecule has 0 aliphatic carbocycles. The Kier molecular flexibility index (Phi) is 4.74. The molecule has 5 heteroatoms. The lowest BCUT2D eigenvalue weighted by Crippen LogP contribution is -1.96. The van der Waals surface area contributed by atoms with Crippen molar-refractivity contribution in [3.8, 4) is 11.6 Å². The maximum Gasteiger partial charge on any atom is 0.233 e. The highest BCUT2D eigenvalue weighted by Gasteiger charge is 2.08. The predicted octanol–water partition coefficient (Wildman–Crippen LogP) is 3.93. The van der Waals surface area contributed by atoms with E-state index in [-0.39, 0.29) is 6.61 Å². The molecular formula is C13H11Br2NO2. The maximum atomic E-state index is 9.01. The fourth-order valence-electron chi connectivity index (χ4n) is 1.51. The van der Waals surface area contributed by atoms with Gasteiger partial charge in [-0.3, -0.25) is 0 Å². The highest BCUT2D eigenvalue weighted by Crippen LogP contribution is 2.31. The summed E-state index contributed by atoms with van der Waals surface area (Å²) >= 11 is 6.74. The third-order valence-electron chi connectivity index (χ3n) is 2.33. The molecule has 1 aromatic heterocycles. The first-order chi connectivity index (χ1) is 8.70. The minimum Gasteiger partial charge on any atom is -0.438 e. The van der Waals surface area contributed by atoms with Crippen LogP contribution in [0.4, 0.5) is 0 Å². The lowest BCUT2D eigenvalue weighted by molar-refractivity contribution is 0.297. The molecule has 0 fully saturated rings. The average molecular weight is 373 g/mol. The van der Waals surface area contributed by atoms with Gasteiger partial charge in [0.25, 0.3) is 0 Å². The van der Waals surface area contributed by atoms with E-state index in [4.69, 9.17) is 9.84 Å². The molecule has 0 saturated heterocycles. The normalized spacial score (nSPS) is 10.4. The van der Waals surface area contributed by atoms with Gasteiger partial charge in [-0.25, -0.2) is 4.98 Å². The van der Waals surface area contributed by atoms with Crippen LogP contribution in [0.3, 0.4) is 0 Å². The molecule has 1 heterocycles. The van der Waals surface area contributed by atoms with E-state index in [9.17, 15) is 0 Å². The monoisotopic (exact) mass is 371 g/mol. The van der Waals surface area contributed by atoms with Gasteiger partial charge in [-0.15, -0.1) is 0 Å². The number of halogens is 2. The van der Waals surface area contributed by atoms with E-state index < -0.39 is 0 Å². The fourth-order valence-corrected chi connectivity index (χ4v) is 2.58. The molecule has 0 aliphatic rings. The van der Waals surface area contributed by atoms with Gasteiger partial charge in [-0.1, -0.05) is 18.2 Å². The van der Waals surface area contributed by atoms with Crippen LogP contribution in [-0.4, -0.2) is 16.7 Å². The van der Waals surface area contributed by atoms with Gasteiger partial charge in [0.05, 0.1) is 4.47 Å². The summed E-state index contributed by atoms with van der Waals surface area (Å²) in [6.45, 7) is 0.0926. The Labute approximate surface area is 122 Å². The van der Waals surface area contributed by atoms with Crippen LogP contribution in [0.5, 0.6) is 11.6 Å². The Balaban J connectivity index is 2.28. The predicted molar refractivity (Wildman–Crippen MR) is 76.9 cm³/mol. The van der Waals surface area contributed by atoms with E-state index in [1.165, 1.54) is 0 Å². The van der Waals surface area contributed by atoms with Crippen molar-refractivity contribution >= 4 is 31.9 Å². The molecular weight excluding hydrogens is 362 g/mol. The van der Waals surface area contributed by atoms with E-state index in [0.717, 1.165) is 14.5 Å². The minimum absolute atomic E-state index is 0.0926. The molecule has 0 aliphatic heterocycles. The third kappa shape index (κ3) is 3.31. The number of para-hydroxylation sites is 1. The van der Waals surface area contributed by atoms with Crippen molar-refractivity contribution in [2.45, 2.75) is 6.42 Å². The lowest BCUT2D eigenvalue weighted by atomic mass is 10.1. The van der Waals surface area contributed by atoms with Crippen molar-refractivity contribution in [2.75, 3.05) is 6.61 Å². The SMILES string of the molecule is OCCc1ccccc1Oc1ncc(Br)cc1Br. The zero-order valence-corrected chi connectivity index (χ0v) is 12.6. The number of aromatic nitrogens is 1. The zero-order valence-electron chi connectivity index (χ0n) is 9.44. The number of benzene rings is 1. The Morgan fingerprint density at radius 3 is 2.72 bits per heavy atom. The van der Waals surface area contributed by atoms with E-state index in [1.807, 2.05) is 30.3 Å². The maximum absolute atomic E-state index is 9.01. The van der Waals surface area contributed by atoms with Gasteiger partial charge in [0.2, 0.25) is 5.88 Å². The van der Waals surface area contributed by atoms with E-state index in [1.54, 1.807) is 6.20 Å². The van der Waals surface area contributed by atoms with Crippen LogP contribution in [0.15, 0.2) is 45.5 Å². The summed E-state index contributed by atoms with van der Waals surface area (Å²) in [6.07, 6.45) is 2.24. The Morgan fingerprint density at radius 2 is 2.00 bits per heavy atom. The standard InChI is InChI=1S/C13H11Br2NO2/c14-10-7-11(15)13(16-8-10)18-12-4-2-1-3-9(12)5-6-17/h1-4,7-8,17H,5-6H2. The third-order valence-corrected chi connectivity index (χ3v) is 3.34. The van der Waals surface area contributed by atoms with Gasteiger partial charge < -0.3 is 9.84 Å². The van der Waals surface area contributed by atoms with E-state index in [0.29, 0.717) is 18.1 Å². The van der Waals surface area contributed by atoms with Crippen LogP contribution in [0, 0.1) is 0 Å². The molecule has 1 N–H and O–H groups in total. The topological polar surface area (TPSA) is 42.4 Å². The summed E-state index contributed by atoms with van der Waals surface area (Å²) in [6, 6.07) is 9.47. The second-order valence-electron chi connectivity index (χ2n) is 3.62. The first kappa shape index (κ1) is 13.5. The summed E-state index contributed by atoms with van der Waals surface area (Å²) in [5.41, 5.74) is 0.955. The molecule has 0 unspecified atom stereocenters. The average Bonchev–Trinajstić information content (AvgIpc) is 2.35. The molecule has 0 radical (unpaired) electrons. The number of aliphatic hydroxyl groups excluding tert-OH is 1. The summed E-state index contributed by atoms with van der Waals surface area (Å²) in [5, 5.41) is 9.01. The Hall–Kier alpha value is -0.910. The van der Waals surface area contributed by atoms with Gasteiger partial charge in [0, 0.05) is 17.3 Å². The molecule has 94 valence electrons. The second kappa shape index (κ2) is 6.31. The van der Waals surface area contributed by atoms with Crippen LogP contribution in [0.2, 0.25) is 0 Å². The van der Waals surface area contributed by atoms with Crippen molar-refractivity contribution in [1.29, 1.82) is 0 Å². The Bertz CT molecular complexity index is 546. The van der Waals surface area contributed by atoms with Crippen molar-refractivity contribution < 1.29 is 9.84 Å². The number of hydrogen-bond donors (Lipinski definition) is 1. The number of rotatable bonds is 4. The molecule has 18 heavy (non-hydrogen) atoms. The van der Waals surface area contributed by atoms with Gasteiger partial charge in [-0.05, 0) is 56.0 Å². The lowest BCUT2D eigenvalue weighted by Gasteiger charge is -2.10. The van der Waals surface area contributed by atoms with Crippen LogP contribution in [0.25, 0.3) is 0 Å². The minimum atomic E-state index is 0.0926. The quantitative estimate of drug-likeness (QED) is 0.883. The molecule has 2 aromatic rings. The number of hydrogen-bond acceptors (Lipinski definition) is 3. The van der Waals surface area contributed by atoms with Gasteiger partial charge in [0.15, 0.2) is 0 Å². The molecule has 0 amide bonds. The van der Waals surface area contributed by atoms with Crippen molar-refractivity contribution in [3.63, 3.8) is 0 Å². The molecule has 0 spiro atoms. The molecule has 0 bridgehead atoms. The van der Waals surface area contributed by atoms with Crippen molar-refractivity contribution in [2.24, 2.45) is 0 Å². The highest BCUT2D eigenvalue weighted by molar-refractivity contribution is 9.11. The summed E-state index contributed by atoms with van der Waals surface area (Å²) in [7, 11) is 0. The molecule has 3 nitrogen and oxygen atoms in total. The summed E-state index contributed by atoms with van der Waals surface area (Å²) in [5.74, 6) is 1.21. The van der Waals surface area contributed by atoms with E-state index >= 15 is 0 Å². The van der Waals surface area contributed by atoms with E-state index in [2.05, 4.69) is 36.8 Å². The molecule has 1 aromatic carbocycles. The van der Waals surface area contributed by atoms with Crippen LogP contribution in [-0.2, 0) is 6.42 Å². The first-order valence-corrected chi connectivity index (χ1v) is 6.97. The first-order valence-electron chi connectivity index (χ1n) is 5.38. The largest absolute Gasteiger partial charge is 0.438 e. The molecule has 2 rings (SSSR count). The smallest absolute Gasteiger partial charge is 0.233 e. The number of aliphatic hydroxyl groups is 1. The van der Waals surface area contributed by atoms with Gasteiger partial charge in [-0.2, -0.15) is 0 Å². The highest BCUT2D eigenvalue weighted by atomic mass is 79.9. The van der Waals surface area contributed by atoms with Crippen LogP contribution >= 0.6 is 31.9 Å². The van der Waals surface area contributed by atoms with Crippen LogP contribution in [0.1, 0.15) is 5.56 Å². The second-order valence-corrected chi connectivity index (χ2v) is 5.39. The van der Waals surface area contributed by atoms with Gasteiger partial charge in [0.1, 0.15) is 5.75 Å². The number of ether oxygens (including phenoxy) is 1. The summed E-state index contributed by atoms with van der Waals surface area (Å²) < 4.78 is 7.41. The Morgan fingerprint density at radius 1 is 1.22 bits per heavy atom. The molecule has 0 saturated carbocycles. The zero-order chi connectivity index (χ0) is 13.0. The van der Waals surface area contributed by atoms with Gasteiger partial charge >= 0.3 is 0 Å². The van der Waals surface area contributed by atoms with Crippen molar-refractivity contribution in [1.82, 2.24) is 4.98 Å².